The second kappa shape index (κ2) is 5.97. The highest BCUT2D eigenvalue weighted by molar-refractivity contribution is 6.00. The Hall–Kier alpha value is -1.69. The molecule has 0 saturated carbocycles. The van der Waals surface area contributed by atoms with Gasteiger partial charge in [0.2, 0.25) is 0 Å². The van der Waals surface area contributed by atoms with Crippen LogP contribution in [0, 0.1) is 0 Å². The fraction of sp³-hybridized carbons (Fsp3) is 0.615. The topological polar surface area (TPSA) is 81.4 Å². The average molecular weight is 266 g/mol. The van der Waals surface area contributed by atoms with E-state index in [-0.39, 0.29) is 25.5 Å². The lowest BCUT2D eigenvalue weighted by atomic mass is 10.1. The van der Waals surface area contributed by atoms with Gasteiger partial charge in [-0.2, -0.15) is 5.10 Å². The third-order valence-electron chi connectivity index (χ3n) is 3.18. The van der Waals surface area contributed by atoms with Gasteiger partial charge in [0.1, 0.15) is 5.69 Å². The molecule has 19 heavy (non-hydrogen) atoms. The number of carbonyl (C=O) groups excluding carboxylic acids is 2. The molecule has 0 unspecified atom stereocenters. The number of aromatic nitrogens is 2. The summed E-state index contributed by atoms with van der Waals surface area (Å²) in [5.41, 5.74) is 1.37. The number of aliphatic hydroxyl groups is 1. The number of ether oxygens (including phenoxy) is 1. The molecule has 0 fully saturated rings. The smallest absolute Gasteiger partial charge is 0.356 e. The van der Waals surface area contributed by atoms with Gasteiger partial charge in [-0.1, -0.05) is 0 Å². The summed E-state index contributed by atoms with van der Waals surface area (Å²) in [4.78, 5) is 24.0. The van der Waals surface area contributed by atoms with E-state index in [2.05, 4.69) is 5.10 Å². The number of esters is 1. The summed E-state index contributed by atoms with van der Waals surface area (Å²) in [5, 5.41) is 13.2. The number of fused-ring (bicyclic) bond motifs is 1. The predicted octanol–water partition coefficient (Wildman–Crippen LogP) is 0.961. The van der Waals surface area contributed by atoms with E-state index in [9.17, 15) is 9.59 Å². The van der Waals surface area contributed by atoms with Crippen molar-refractivity contribution in [1.82, 2.24) is 9.78 Å². The lowest BCUT2D eigenvalue weighted by Crippen LogP contribution is -2.16. The highest BCUT2D eigenvalue weighted by atomic mass is 16.5. The number of rotatable bonds is 4. The van der Waals surface area contributed by atoms with Crippen LogP contribution in [0.5, 0.6) is 0 Å². The van der Waals surface area contributed by atoms with Crippen molar-refractivity contribution >= 4 is 11.8 Å². The Morgan fingerprint density at radius 1 is 1.42 bits per heavy atom. The van der Waals surface area contributed by atoms with Crippen molar-refractivity contribution in [3.8, 4) is 0 Å². The number of Topliss-reactive ketones (excluding diaryl/α,β-unsaturated/α-hetero) is 1. The van der Waals surface area contributed by atoms with Gasteiger partial charge in [0.25, 0.3) is 0 Å². The Kier molecular flexibility index (Phi) is 4.31. The van der Waals surface area contributed by atoms with Crippen molar-refractivity contribution in [1.29, 1.82) is 0 Å². The summed E-state index contributed by atoms with van der Waals surface area (Å²) in [6.45, 7) is 2.05. The largest absolute Gasteiger partial charge is 0.461 e. The first-order valence-corrected chi connectivity index (χ1v) is 6.59. The molecule has 6 nitrogen and oxygen atoms in total. The minimum atomic E-state index is -0.473. The Bertz CT molecular complexity index is 493. The third kappa shape index (κ3) is 2.68. The molecule has 1 aliphatic carbocycles. The molecule has 0 saturated heterocycles. The molecule has 1 aromatic heterocycles. The zero-order valence-corrected chi connectivity index (χ0v) is 11.0. The van der Waals surface area contributed by atoms with Gasteiger partial charge in [0.15, 0.2) is 11.5 Å². The molecule has 0 bridgehead atoms. The van der Waals surface area contributed by atoms with E-state index >= 15 is 0 Å². The Morgan fingerprint density at radius 3 is 2.84 bits per heavy atom. The van der Waals surface area contributed by atoms with Crippen molar-refractivity contribution in [2.75, 3.05) is 13.2 Å². The van der Waals surface area contributed by atoms with Crippen LogP contribution in [0.25, 0.3) is 0 Å². The van der Waals surface area contributed by atoms with Crippen LogP contribution in [-0.4, -0.2) is 39.9 Å². The summed E-state index contributed by atoms with van der Waals surface area (Å²) in [6.07, 6.45) is 2.79. The van der Waals surface area contributed by atoms with E-state index in [1.54, 1.807) is 6.92 Å². The molecule has 0 aliphatic heterocycles. The van der Waals surface area contributed by atoms with Crippen molar-refractivity contribution in [2.24, 2.45) is 0 Å². The quantitative estimate of drug-likeness (QED) is 0.648. The Balaban J connectivity index is 2.48. The Labute approximate surface area is 111 Å². The SMILES string of the molecule is CCOC(=O)c1c2c(nn1CCO)C(=O)CCCC2. The highest BCUT2D eigenvalue weighted by Gasteiger charge is 2.28. The van der Waals surface area contributed by atoms with Crippen LogP contribution in [0.15, 0.2) is 0 Å². The summed E-state index contributed by atoms with van der Waals surface area (Å²) in [5.74, 6) is -0.505. The Morgan fingerprint density at radius 2 is 2.16 bits per heavy atom. The molecule has 6 heteroatoms. The molecule has 104 valence electrons. The summed E-state index contributed by atoms with van der Waals surface area (Å²) in [7, 11) is 0. The minimum absolute atomic E-state index is 0.0326. The maximum absolute atomic E-state index is 12.0. The average Bonchev–Trinajstić information content (AvgIpc) is 2.64. The lowest BCUT2D eigenvalue weighted by Gasteiger charge is -2.07. The standard InChI is InChI=1S/C13H18N2O4/c1-2-19-13(18)12-9-5-3-4-6-10(17)11(9)14-15(12)7-8-16/h16H,2-8H2,1H3. The van der Waals surface area contributed by atoms with Crippen LogP contribution >= 0.6 is 0 Å². The summed E-state index contributed by atoms with van der Waals surface area (Å²) < 4.78 is 6.42. The van der Waals surface area contributed by atoms with Crippen molar-refractivity contribution < 1.29 is 19.4 Å². The van der Waals surface area contributed by atoms with Gasteiger partial charge < -0.3 is 9.84 Å². The van der Waals surface area contributed by atoms with Crippen LogP contribution in [0.2, 0.25) is 0 Å². The van der Waals surface area contributed by atoms with E-state index in [1.807, 2.05) is 0 Å². The number of nitrogens with zero attached hydrogens (tertiary/aromatic N) is 2. The monoisotopic (exact) mass is 266 g/mol. The van der Waals surface area contributed by atoms with Crippen LogP contribution in [-0.2, 0) is 17.7 Å². The fourth-order valence-corrected chi connectivity index (χ4v) is 2.35. The van der Waals surface area contributed by atoms with Crippen LogP contribution in [0.1, 0.15) is 52.7 Å². The van der Waals surface area contributed by atoms with Crippen LogP contribution in [0.4, 0.5) is 0 Å². The van der Waals surface area contributed by atoms with Gasteiger partial charge >= 0.3 is 5.97 Å². The van der Waals surface area contributed by atoms with Crippen molar-refractivity contribution in [3.63, 3.8) is 0 Å². The van der Waals surface area contributed by atoms with E-state index in [4.69, 9.17) is 9.84 Å². The molecule has 1 N–H and O–H groups in total. The highest BCUT2D eigenvalue weighted by Crippen LogP contribution is 2.24. The fourth-order valence-electron chi connectivity index (χ4n) is 2.35. The second-order valence-corrected chi connectivity index (χ2v) is 4.47. The number of hydrogen-bond acceptors (Lipinski definition) is 5. The van der Waals surface area contributed by atoms with E-state index < -0.39 is 5.97 Å². The van der Waals surface area contributed by atoms with Gasteiger partial charge in [0, 0.05) is 12.0 Å². The van der Waals surface area contributed by atoms with Crippen molar-refractivity contribution in [3.05, 3.63) is 17.0 Å². The zero-order chi connectivity index (χ0) is 13.8. The molecular weight excluding hydrogens is 248 g/mol. The predicted molar refractivity (Wildman–Crippen MR) is 67.2 cm³/mol. The maximum Gasteiger partial charge on any atom is 0.356 e. The van der Waals surface area contributed by atoms with Crippen LogP contribution < -0.4 is 0 Å². The van der Waals surface area contributed by atoms with Gasteiger partial charge in [-0.05, 0) is 26.2 Å². The molecule has 0 aromatic carbocycles. The van der Waals surface area contributed by atoms with Crippen LogP contribution in [0.3, 0.4) is 0 Å². The second-order valence-electron chi connectivity index (χ2n) is 4.47. The molecule has 0 spiro atoms. The minimum Gasteiger partial charge on any atom is -0.461 e. The summed E-state index contributed by atoms with van der Waals surface area (Å²) in [6, 6.07) is 0. The summed E-state index contributed by atoms with van der Waals surface area (Å²) >= 11 is 0. The molecule has 1 heterocycles. The molecule has 0 radical (unpaired) electrons. The number of carbonyl (C=O) groups is 2. The first-order valence-electron chi connectivity index (χ1n) is 6.59. The molecule has 0 amide bonds. The normalized spacial score (nSPS) is 14.9. The van der Waals surface area contributed by atoms with E-state index in [1.165, 1.54) is 4.68 Å². The van der Waals surface area contributed by atoms with Gasteiger partial charge in [-0.3, -0.25) is 9.48 Å². The number of aliphatic hydroxyl groups excluding tert-OH is 1. The number of ketones is 1. The molecular formula is C13H18N2O4. The van der Waals surface area contributed by atoms with Gasteiger partial charge in [0.05, 0.1) is 19.8 Å². The maximum atomic E-state index is 12.0. The molecule has 1 aliphatic rings. The van der Waals surface area contributed by atoms with Gasteiger partial charge in [-0.25, -0.2) is 4.79 Å². The third-order valence-corrected chi connectivity index (χ3v) is 3.18. The molecule has 0 atom stereocenters. The van der Waals surface area contributed by atoms with Crippen molar-refractivity contribution in [2.45, 2.75) is 39.2 Å². The van der Waals surface area contributed by atoms with E-state index in [0.29, 0.717) is 29.8 Å². The zero-order valence-electron chi connectivity index (χ0n) is 11.0. The first kappa shape index (κ1) is 13.7. The molecule has 2 rings (SSSR count). The number of hydrogen-bond donors (Lipinski definition) is 1. The van der Waals surface area contributed by atoms with Gasteiger partial charge in [-0.15, -0.1) is 0 Å². The lowest BCUT2D eigenvalue weighted by molar-refractivity contribution is 0.0509. The first-order chi connectivity index (χ1) is 9.19. The van der Waals surface area contributed by atoms with E-state index in [0.717, 1.165) is 12.8 Å². The molecule has 1 aromatic rings.